The molecule has 1 atom stereocenters. The summed E-state index contributed by atoms with van der Waals surface area (Å²) >= 11 is 3.50. The van der Waals surface area contributed by atoms with Gasteiger partial charge in [-0.1, -0.05) is 12.1 Å². The van der Waals surface area contributed by atoms with Gasteiger partial charge in [-0.25, -0.2) is 0 Å². The number of hydrogen-bond donors (Lipinski definition) is 2. The highest BCUT2D eigenvalue weighted by atomic mass is 79.9. The molecule has 1 aliphatic heterocycles. The number of hydrogen-bond acceptors (Lipinski definition) is 4. The zero-order valence-electron chi connectivity index (χ0n) is 11.6. The average molecular weight is 350 g/mol. The second-order valence-corrected chi connectivity index (χ2v) is 5.85. The van der Waals surface area contributed by atoms with Crippen LogP contribution in [0.25, 0.3) is 0 Å². The molecule has 0 amide bonds. The van der Waals surface area contributed by atoms with Gasteiger partial charge in [0, 0.05) is 16.7 Å². The highest BCUT2D eigenvalue weighted by molar-refractivity contribution is 9.10. The molecule has 1 heterocycles. The first-order valence-corrected chi connectivity index (χ1v) is 7.50. The van der Waals surface area contributed by atoms with Crippen molar-refractivity contribution >= 4 is 21.6 Å². The number of ether oxygens (including phenoxy) is 2. The van der Waals surface area contributed by atoms with E-state index in [2.05, 4.69) is 21.2 Å². The summed E-state index contributed by atoms with van der Waals surface area (Å²) in [5.41, 5.74) is 2.93. The largest absolute Gasteiger partial charge is 0.454 e. The van der Waals surface area contributed by atoms with Crippen LogP contribution in [0.15, 0.2) is 40.9 Å². The third-order valence-corrected chi connectivity index (χ3v) is 4.08. The molecule has 2 aromatic carbocycles. The van der Waals surface area contributed by atoms with Gasteiger partial charge in [-0.2, -0.15) is 0 Å². The summed E-state index contributed by atoms with van der Waals surface area (Å²) in [6.45, 7) is 2.69. The number of aliphatic hydroxyl groups excluding tert-OH is 1. The second kappa shape index (κ2) is 5.95. The Kier molecular flexibility index (Phi) is 4.03. The van der Waals surface area contributed by atoms with Gasteiger partial charge in [0.05, 0.1) is 6.10 Å². The summed E-state index contributed by atoms with van der Waals surface area (Å²) in [7, 11) is 0. The van der Waals surface area contributed by atoms with Crippen LogP contribution in [0.3, 0.4) is 0 Å². The quantitative estimate of drug-likeness (QED) is 0.884. The van der Waals surface area contributed by atoms with E-state index in [1.165, 1.54) is 5.56 Å². The molecule has 2 N–H and O–H groups in total. The lowest BCUT2D eigenvalue weighted by Gasteiger charge is -2.15. The molecule has 3 rings (SSSR count). The van der Waals surface area contributed by atoms with Crippen molar-refractivity contribution < 1.29 is 14.6 Å². The summed E-state index contributed by atoms with van der Waals surface area (Å²) in [5.74, 6) is 1.41. The highest BCUT2D eigenvalue weighted by Crippen LogP contribution is 2.34. The maximum atomic E-state index is 10.3. The second-order valence-electron chi connectivity index (χ2n) is 4.99. The van der Waals surface area contributed by atoms with Crippen molar-refractivity contribution in [1.29, 1.82) is 0 Å². The van der Waals surface area contributed by atoms with Crippen LogP contribution in [0.5, 0.6) is 11.5 Å². The number of rotatable bonds is 4. The van der Waals surface area contributed by atoms with Gasteiger partial charge in [-0.15, -0.1) is 0 Å². The molecule has 0 fully saturated rings. The maximum absolute atomic E-state index is 10.3. The van der Waals surface area contributed by atoms with Crippen molar-refractivity contribution in [3.05, 3.63) is 52.0 Å². The molecule has 1 unspecified atom stereocenters. The number of benzene rings is 2. The van der Waals surface area contributed by atoms with Crippen LogP contribution in [-0.4, -0.2) is 18.4 Å². The Morgan fingerprint density at radius 3 is 2.86 bits per heavy atom. The maximum Gasteiger partial charge on any atom is 0.231 e. The van der Waals surface area contributed by atoms with Gasteiger partial charge in [-0.3, -0.25) is 0 Å². The van der Waals surface area contributed by atoms with Crippen molar-refractivity contribution in [1.82, 2.24) is 0 Å². The molecule has 110 valence electrons. The number of aliphatic hydroxyl groups is 1. The monoisotopic (exact) mass is 349 g/mol. The normalized spacial score (nSPS) is 14.0. The first kappa shape index (κ1) is 14.2. The average Bonchev–Trinajstić information content (AvgIpc) is 2.95. The standard InChI is InChI=1S/C16H16BrNO3/c1-10-2-4-12(17)13(6-10)18-8-14(19)11-3-5-15-16(7-11)21-9-20-15/h2-7,14,18-19H,8-9H2,1H3. The summed E-state index contributed by atoms with van der Waals surface area (Å²) in [5, 5.41) is 13.5. The number of fused-ring (bicyclic) bond motifs is 1. The summed E-state index contributed by atoms with van der Waals surface area (Å²) in [4.78, 5) is 0. The van der Waals surface area contributed by atoms with E-state index in [1.54, 1.807) is 0 Å². The topological polar surface area (TPSA) is 50.7 Å². The minimum Gasteiger partial charge on any atom is -0.454 e. The van der Waals surface area contributed by atoms with Crippen molar-refractivity contribution in [2.75, 3.05) is 18.7 Å². The first-order valence-electron chi connectivity index (χ1n) is 6.71. The highest BCUT2D eigenvalue weighted by Gasteiger charge is 2.16. The fourth-order valence-electron chi connectivity index (χ4n) is 2.22. The third kappa shape index (κ3) is 3.14. The molecule has 0 bridgehead atoms. The fourth-order valence-corrected chi connectivity index (χ4v) is 2.61. The van der Waals surface area contributed by atoms with Gasteiger partial charge in [0.1, 0.15) is 0 Å². The zero-order chi connectivity index (χ0) is 14.8. The van der Waals surface area contributed by atoms with E-state index in [0.717, 1.165) is 21.5 Å². The molecule has 1 aliphatic rings. The zero-order valence-corrected chi connectivity index (χ0v) is 13.2. The number of halogens is 1. The van der Waals surface area contributed by atoms with Gasteiger partial charge in [0.2, 0.25) is 6.79 Å². The van der Waals surface area contributed by atoms with Crippen LogP contribution in [0, 0.1) is 6.92 Å². The van der Waals surface area contributed by atoms with Gasteiger partial charge < -0.3 is 19.9 Å². The molecular weight excluding hydrogens is 334 g/mol. The van der Waals surface area contributed by atoms with E-state index < -0.39 is 6.10 Å². The van der Waals surface area contributed by atoms with Crippen LogP contribution in [-0.2, 0) is 0 Å². The minimum atomic E-state index is -0.619. The number of nitrogens with one attached hydrogen (secondary N) is 1. The lowest BCUT2D eigenvalue weighted by molar-refractivity contribution is 0.173. The first-order chi connectivity index (χ1) is 10.1. The summed E-state index contributed by atoms with van der Waals surface area (Å²) < 4.78 is 11.6. The lowest BCUT2D eigenvalue weighted by Crippen LogP contribution is -2.12. The molecule has 0 saturated heterocycles. The predicted octanol–water partition coefficient (Wildman–Crippen LogP) is 3.63. The van der Waals surface area contributed by atoms with Gasteiger partial charge in [-0.05, 0) is 58.2 Å². The Morgan fingerprint density at radius 1 is 1.19 bits per heavy atom. The molecule has 0 aromatic heterocycles. The van der Waals surface area contributed by atoms with Gasteiger partial charge in [0.25, 0.3) is 0 Å². The summed E-state index contributed by atoms with van der Waals surface area (Å²) in [6, 6.07) is 11.6. The van der Waals surface area contributed by atoms with Crippen LogP contribution in [0.1, 0.15) is 17.2 Å². The fraction of sp³-hybridized carbons (Fsp3) is 0.250. The van der Waals surface area contributed by atoms with Crippen LogP contribution < -0.4 is 14.8 Å². The molecule has 0 radical (unpaired) electrons. The molecule has 5 heteroatoms. The van der Waals surface area contributed by atoms with E-state index in [0.29, 0.717) is 12.3 Å². The molecule has 0 aliphatic carbocycles. The smallest absolute Gasteiger partial charge is 0.231 e. The SMILES string of the molecule is Cc1ccc(Br)c(NCC(O)c2ccc3c(c2)OCO3)c1. The molecule has 2 aromatic rings. The lowest BCUT2D eigenvalue weighted by atomic mass is 10.1. The van der Waals surface area contributed by atoms with Gasteiger partial charge >= 0.3 is 0 Å². The van der Waals surface area contributed by atoms with E-state index in [-0.39, 0.29) is 6.79 Å². The van der Waals surface area contributed by atoms with Gasteiger partial charge in [0.15, 0.2) is 11.5 Å². The Labute approximate surface area is 131 Å². The number of aryl methyl sites for hydroxylation is 1. The number of anilines is 1. The molecule has 4 nitrogen and oxygen atoms in total. The van der Waals surface area contributed by atoms with Crippen LogP contribution >= 0.6 is 15.9 Å². The Balaban J connectivity index is 1.69. The molecular formula is C16H16BrNO3. The van der Waals surface area contributed by atoms with Crippen LogP contribution in [0.2, 0.25) is 0 Å². The van der Waals surface area contributed by atoms with Crippen molar-refractivity contribution in [2.45, 2.75) is 13.0 Å². The van der Waals surface area contributed by atoms with E-state index in [4.69, 9.17) is 9.47 Å². The van der Waals surface area contributed by atoms with E-state index in [1.807, 2.05) is 43.3 Å². The molecule has 0 spiro atoms. The summed E-state index contributed by atoms with van der Waals surface area (Å²) in [6.07, 6.45) is -0.619. The molecule has 0 saturated carbocycles. The van der Waals surface area contributed by atoms with Crippen molar-refractivity contribution in [2.24, 2.45) is 0 Å². The van der Waals surface area contributed by atoms with E-state index in [9.17, 15) is 5.11 Å². The third-order valence-electron chi connectivity index (χ3n) is 3.39. The molecule has 21 heavy (non-hydrogen) atoms. The van der Waals surface area contributed by atoms with Crippen molar-refractivity contribution in [3.63, 3.8) is 0 Å². The van der Waals surface area contributed by atoms with Crippen molar-refractivity contribution in [3.8, 4) is 11.5 Å². The Bertz CT molecular complexity index is 660. The predicted molar refractivity (Wildman–Crippen MR) is 84.9 cm³/mol. The van der Waals surface area contributed by atoms with E-state index >= 15 is 0 Å². The van der Waals surface area contributed by atoms with Crippen LogP contribution in [0.4, 0.5) is 5.69 Å². The minimum absolute atomic E-state index is 0.239. The Morgan fingerprint density at radius 2 is 2.00 bits per heavy atom. The Hall–Kier alpha value is -1.72.